The Morgan fingerprint density at radius 1 is 0.610 bits per heavy atom. The molecule has 0 aliphatic carbocycles. The third kappa shape index (κ3) is 9.93. The quantitative estimate of drug-likeness (QED) is 0.216. The third-order valence-corrected chi connectivity index (χ3v) is 7.82. The number of rotatable bonds is 7. The molecule has 0 aromatic heterocycles. The van der Waals surface area contributed by atoms with E-state index in [0.29, 0.717) is 11.1 Å². The number of aliphatic hydroxyl groups is 2. The first-order valence-corrected chi connectivity index (χ1v) is 15.4. The fourth-order valence-electron chi connectivity index (χ4n) is 4.64. The van der Waals surface area contributed by atoms with Crippen molar-refractivity contribution in [1.29, 1.82) is 0 Å². The summed E-state index contributed by atoms with van der Waals surface area (Å²) >= 11 is 1.55. The van der Waals surface area contributed by atoms with Gasteiger partial charge in [0.05, 0.1) is 13.2 Å². The van der Waals surface area contributed by atoms with E-state index in [2.05, 4.69) is 0 Å². The van der Waals surface area contributed by atoms with Gasteiger partial charge >= 0.3 is 5.97 Å². The van der Waals surface area contributed by atoms with E-state index in [1.54, 1.807) is 11.8 Å². The second-order valence-electron chi connectivity index (χ2n) is 14.8. The average Bonchev–Trinajstić information content (AvgIpc) is 2.78. The van der Waals surface area contributed by atoms with E-state index in [1.165, 1.54) is 0 Å². The van der Waals surface area contributed by atoms with Crippen LogP contribution in [-0.2, 0) is 26.5 Å². The topological polar surface area (TPSA) is 118 Å². The summed E-state index contributed by atoms with van der Waals surface area (Å²) in [5.41, 5.74) is 2.70. The van der Waals surface area contributed by atoms with Crippen molar-refractivity contribution < 1.29 is 30.3 Å². The maximum Gasteiger partial charge on any atom is 0.315 e. The number of aliphatic hydroxyl groups excluding tert-OH is 2. The van der Waals surface area contributed by atoms with Gasteiger partial charge in [-0.1, -0.05) is 107 Å². The van der Waals surface area contributed by atoms with Crippen LogP contribution in [0.1, 0.15) is 122 Å². The van der Waals surface area contributed by atoms with Gasteiger partial charge in [0.1, 0.15) is 17.4 Å². The van der Waals surface area contributed by atoms with E-state index in [-0.39, 0.29) is 46.4 Å². The largest absolute Gasteiger partial charge is 0.507 e. The number of aromatic hydroxyl groups is 2. The fraction of sp³-hybridized carbons (Fsp3) is 0.618. The summed E-state index contributed by atoms with van der Waals surface area (Å²) in [6, 6.07) is 7.35. The first-order valence-electron chi connectivity index (χ1n) is 14.3. The Kier molecular flexibility index (Phi) is 12.4. The number of hydrogen-bond acceptors (Lipinski definition) is 6. The number of carboxylic acids is 1. The second-order valence-corrected chi connectivity index (χ2v) is 16.0. The minimum atomic E-state index is -0.962. The summed E-state index contributed by atoms with van der Waals surface area (Å²) in [5.74, 6) is 0.0244. The van der Waals surface area contributed by atoms with E-state index in [0.717, 1.165) is 33.8 Å². The molecule has 0 fully saturated rings. The van der Waals surface area contributed by atoms with Crippen molar-refractivity contribution in [2.45, 2.75) is 111 Å². The highest BCUT2D eigenvalue weighted by Gasteiger charge is 2.34. The molecular formula is C34H54O6S. The lowest BCUT2D eigenvalue weighted by Crippen LogP contribution is -2.22. The second kappa shape index (κ2) is 13.8. The van der Waals surface area contributed by atoms with Gasteiger partial charge in [-0.3, -0.25) is 4.79 Å². The highest BCUT2D eigenvalue weighted by molar-refractivity contribution is 7.99. The molecule has 0 aliphatic heterocycles. The minimum absolute atomic E-state index is 0.213. The van der Waals surface area contributed by atoms with Crippen molar-refractivity contribution in [3.05, 3.63) is 57.6 Å². The van der Waals surface area contributed by atoms with Crippen LogP contribution in [0.15, 0.2) is 24.3 Å². The Balaban J connectivity index is 0.00000106. The molecule has 41 heavy (non-hydrogen) atoms. The van der Waals surface area contributed by atoms with Gasteiger partial charge < -0.3 is 25.5 Å². The minimum Gasteiger partial charge on any atom is -0.507 e. The summed E-state index contributed by atoms with van der Waals surface area (Å²) in [4.78, 5) is 12.8. The van der Waals surface area contributed by atoms with Gasteiger partial charge in [-0.05, 0) is 55.0 Å². The number of benzene rings is 2. The standard InChI is InChI=1S/C30H44O4.C4H10O2S/c1-27(2,3)19-13-17(14-20(24(19)31)28(4,5)6)23(26(33)34)18-15-21(29(7,8)9)25(32)22(16-18)30(10,11)12;5-1-3-7-4-2-6/h13-16,23,31-32H,1-12H3,(H,33,34);5-6H,1-4H2. The van der Waals surface area contributed by atoms with Gasteiger partial charge in [0.25, 0.3) is 0 Å². The molecule has 0 saturated carbocycles. The molecule has 0 saturated heterocycles. The molecule has 0 bridgehead atoms. The maximum absolute atomic E-state index is 12.8. The summed E-state index contributed by atoms with van der Waals surface area (Å²) in [7, 11) is 0. The summed E-state index contributed by atoms with van der Waals surface area (Å²) in [6.45, 7) is 24.6. The molecule has 7 heteroatoms. The number of carboxylic acid groups (broad SMARTS) is 1. The molecule has 6 nitrogen and oxygen atoms in total. The molecule has 2 aromatic carbocycles. The van der Waals surface area contributed by atoms with Gasteiger partial charge in [0.2, 0.25) is 0 Å². The summed E-state index contributed by atoms with van der Waals surface area (Å²) in [6.07, 6.45) is 0. The van der Waals surface area contributed by atoms with Crippen LogP contribution in [-0.4, -0.2) is 56.2 Å². The van der Waals surface area contributed by atoms with E-state index in [1.807, 2.05) is 107 Å². The predicted octanol–water partition coefficient (Wildman–Crippen LogP) is 7.21. The van der Waals surface area contributed by atoms with E-state index in [9.17, 15) is 20.1 Å². The van der Waals surface area contributed by atoms with Crippen LogP contribution in [0.3, 0.4) is 0 Å². The van der Waals surface area contributed by atoms with E-state index >= 15 is 0 Å². The van der Waals surface area contributed by atoms with Crippen molar-refractivity contribution in [3.8, 4) is 11.5 Å². The van der Waals surface area contributed by atoms with Crippen LogP contribution in [0.5, 0.6) is 11.5 Å². The number of hydrogen-bond donors (Lipinski definition) is 5. The molecule has 0 unspecified atom stereocenters. The van der Waals surface area contributed by atoms with Crippen molar-refractivity contribution >= 4 is 17.7 Å². The van der Waals surface area contributed by atoms with Crippen LogP contribution in [0.25, 0.3) is 0 Å². The van der Waals surface area contributed by atoms with Gasteiger partial charge in [-0.25, -0.2) is 0 Å². The number of phenolic OH excluding ortho intramolecular Hbond substituents is 2. The van der Waals surface area contributed by atoms with Gasteiger partial charge in [-0.15, -0.1) is 0 Å². The van der Waals surface area contributed by atoms with Crippen LogP contribution >= 0.6 is 11.8 Å². The molecule has 2 rings (SSSR count). The van der Waals surface area contributed by atoms with Crippen molar-refractivity contribution in [2.75, 3.05) is 24.7 Å². The van der Waals surface area contributed by atoms with Gasteiger partial charge in [0, 0.05) is 11.5 Å². The molecule has 0 radical (unpaired) electrons. The van der Waals surface area contributed by atoms with Gasteiger partial charge in [0.15, 0.2) is 0 Å². The summed E-state index contributed by atoms with van der Waals surface area (Å²) in [5, 5.41) is 49.1. The van der Waals surface area contributed by atoms with E-state index in [4.69, 9.17) is 10.2 Å². The number of carbonyl (C=O) groups is 1. The normalized spacial score (nSPS) is 12.8. The molecule has 0 amide bonds. The highest BCUT2D eigenvalue weighted by Crippen LogP contribution is 2.45. The smallest absolute Gasteiger partial charge is 0.315 e. The fourth-order valence-corrected chi connectivity index (χ4v) is 5.10. The molecule has 2 aromatic rings. The van der Waals surface area contributed by atoms with Crippen LogP contribution in [0.4, 0.5) is 0 Å². The van der Waals surface area contributed by atoms with Crippen molar-refractivity contribution in [1.82, 2.24) is 0 Å². The molecule has 0 aliphatic rings. The zero-order valence-electron chi connectivity index (χ0n) is 27.3. The summed E-state index contributed by atoms with van der Waals surface area (Å²) < 4.78 is 0. The zero-order valence-corrected chi connectivity index (χ0v) is 28.1. The molecular weight excluding hydrogens is 536 g/mol. The molecule has 232 valence electrons. The average molecular weight is 591 g/mol. The SMILES string of the molecule is CC(C)(C)c1cc(C(C(=O)O)c2cc(C(C)(C)C)c(O)c(C(C)(C)C)c2)cc(C(C)(C)C)c1O.OCCSCCO. The van der Waals surface area contributed by atoms with E-state index < -0.39 is 11.9 Å². The lowest BCUT2D eigenvalue weighted by Gasteiger charge is -2.31. The Morgan fingerprint density at radius 3 is 1.02 bits per heavy atom. The monoisotopic (exact) mass is 590 g/mol. The molecule has 5 N–H and O–H groups in total. The molecule has 0 spiro atoms. The maximum atomic E-state index is 12.8. The first kappa shape index (κ1) is 36.8. The number of phenols is 2. The Bertz CT molecular complexity index is 1020. The van der Waals surface area contributed by atoms with Crippen molar-refractivity contribution in [3.63, 3.8) is 0 Å². The van der Waals surface area contributed by atoms with Crippen LogP contribution < -0.4 is 0 Å². The lowest BCUT2D eigenvalue weighted by molar-refractivity contribution is -0.137. The Labute approximate surface area is 252 Å². The highest BCUT2D eigenvalue weighted by atomic mass is 32.2. The Hall–Kier alpha value is -2.22. The number of aliphatic carboxylic acids is 1. The van der Waals surface area contributed by atoms with Crippen molar-refractivity contribution in [2.24, 2.45) is 0 Å². The Morgan fingerprint density at radius 2 is 0.854 bits per heavy atom. The van der Waals surface area contributed by atoms with Crippen LogP contribution in [0.2, 0.25) is 0 Å². The number of thioether (sulfide) groups is 1. The lowest BCUT2D eigenvalue weighted by atomic mass is 9.74. The van der Waals surface area contributed by atoms with Gasteiger partial charge in [-0.2, -0.15) is 11.8 Å². The predicted molar refractivity (Wildman–Crippen MR) is 172 cm³/mol. The first-order chi connectivity index (χ1) is 18.5. The zero-order chi connectivity index (χ0) is 32.1. The molecule has 0 heterocycles. The molecule has 0 atom stereocenters. The van der Waals surface area contributed by atoms with Crippen LogP contribution in [0, 0.1) is 0 Å². The third-order valence-electron chi connectivity index (χ3n) is 6.88.